The molecule has 26 heavy (non-hydrogen) atoms. The van der Waals surface area contributed by atoms with Gasteiger partial charge < -0.3 is 10.6 Å². The van der Waals surface area contributed by atoms with E-state index in [0.717, 1.165) is 11.6 Å². The second kappa shape index (κ2) is 7.60. The van der Waals surface area contributed by atoms with Crippen molar-refractivity contribution < 1.29 is 18.0 Å². The average Bonchev–Trinajstić information content (AvgIpc) is 2.68. The van der Waals surface area contributed by atoms with Gasteiger partial charge in [0.05, 0.1) is 18.1 Å². The van der Waals surface area contributed by atoms with E-state index in [9.17, 15) is 18.0 Å². The van der Waals surface area contributed by atoms with E-state index in [2.05, 4.69) is 25.6 Å². The Labute approximate surface area is 146 Å². The Bertz CT molecular complexity index is 920. The molecule has 2 aromatic heterocycles. The van der Waals surface area contributed by atoms with Crippen molar-refractivity contribution in [1.82, 2.24) is 15.0 Å². The Morgan fingerprint density at radius 3 is 2.54 bits per heavy atom. The van der Waals surface area contributed by atoms with Gasteiger partial charge in [0.15, 0.2) is 17.5 Å². The van der Waals surface area contributed by atoms with Crippen LogP contribution in [0.4, 0.5) is 24.7 Å². The number of anilines is 2. The lowest BCUT2D eigenvalue weighted by atomic mass is 10.2. The van der Waals surface area contributed by atoms with Crippen LogP contribution in [0.1, 0.15) is 16.1 Å². The van der Waals surface area contributed by atoms with E-state index < -0.39 is 29.0 Å². The Hall–Kier alpha value is -3.49. The fourth-order valence-electron chi connectivity index (χ4n) is 2.04. The number of pyridine rings is 1. The first-order valence-electron chi connectivity index (χ1n) is 7.44. The highest BCUT2D eigenvalue weighted by atomic mass is 19.2. The van der Waals surface area contributed by atoms with Crippen LogP contribution in [0.25, 0.3) is 0 Å². The maximum atomic E-state index is 13.6. The number of hydrogen-bond donors (Lipinski definition) is 2. The summed E-state index contributed by atoms with van der Waals surface area (Å²) in [6, 6.07) is 5.31. The largest absolute Gasteiger partial charge is 0.365 e. The molecule has 0 atom stereocenters. The van der Waals surface area contributed by atoms with Gasteiger partial charge in [0, 0.05) is 18.9 Å². The van der Waals surface area contributed by atoms with E-state index in [-0.39, 0.29) is 5.69 Å². The fourth-order valence-corrected chi connectivity index (χ4v) is 2.04. The first kappa shape index (κ1) is 17.3. The number of hydrogen-bond acceptors (Lipinski definition) is 5. The number of benzene rings is 1. The number of halogens is 3. The Morgan fingerprint density at radius 1 is 1.00 bits per heavy atom. The van der Waals surface area contributed by atoms with Crippen molar-refractivity contribution in [2.24, 2.45) is 0 Å². The van der Waals surface area contributed by atoms with Crippen LogP contribution in [0.5, 0.6) is 0 Å². The first-order chi connectivity index (χ1) is 12.5. The van der Waals surface area contributed by atoms with Crippen LogP contribution < -0.4 is 10.6 Å². The summed E-state index contributed by atoms with van der Waals surface area (Å²) >= 11 is 0. The summed E-state index contributed by atoms with van der Waals surface area (Å²) in [5.41, 5.74) is 0.334. The van der Waals surface area contributed by atoms with Crippen LogP contribution in [-0.2, 0) is 6.54 Å². The maximum absolute atomic E-state index is 13.6. The molecule has 3 rings (SSSR count). The normalized spacial score (nSPS) is 10.4. The monoisotopic (exact) mass is 359 g/mol. The third-order valence-electron chi connectivity index (χ3n) is 3.36. The van der Waals surface area contributed by atoms with Gasteiger partial charge in [-0.25, -0.2) is 23.1 Å². The zero-order valence-electron chi connectivity index (χ0n) is 13.2. The van der Waals surface area contributed by atoms with Crippen molar-refractivity contribution in [1.29, 1.82) is 0 Å². The molecule has 0 aliphatic heterocycles. The van der Waals surface area contributed by atoms with Gasteiger partial charge in [0.1, 0.15) is 11.5 Å². The molecule has 0 saturated carbocycles. The lowest BCUT2D eigenvalue weighted by Gasteiger charge is -2.08. The van der Waals surface area contributed by atoms with Gasteiger partial charge in [-0.05, 0) is 23.8 Å². The lowest BCUT2D eigenvalue weighted by Crippen LogP contribution is -2.16. The number of rotatable bonds is 5. The van der Waals surface area contributed by atoms with Crippen LogP contribution in [0.3, 0.4) is 0 Å². The molecule has 132 valence electrons. The van der Waals surface area contributed by atoms with Crippen molar-refractivity contribution >= 4 is 17.4 Å². The number of nitrogens with one attached hydrogen (secondary N) is 2. The first-order valence-corrected chi connectivity index (χ1v) is 7.44. The zero-order chi connectivity index (χ0) is 18.5. The minimum atomic E-state index is -1.66. The van der Waals surface area contributed by atoms with Gasteiger partial charge in [0.25, 0.3) is 5.91 Å². The van der Waals surface area contributed by atoms with Crippen molar-refractivity contribution in [2.75, 3.05) is 10.6 Å². The molecule has 9 heteroatoms. The van der Waals surface area contributed by atoms with Gasteiger partial charge >= 0.3 is 0 Å². The van der Waals surface area contributed by atoms with Crippen LogP contribution >= 0.6 is 0 Å². The summed E-state index contributed by atoms with van der Waals surface area (Å²) in [5.74, 6) is -4.88. The highest BCUT2D eigenvalue weighted by Gasteiger charge is 2.16. The number of aromatic nitrogens is 3. The summed E-state index contributed by atoms with van der Waals surface area (Å²) < 4.78 is 39.7. The third kappa shape index (κ3) is 3.94. The van der Waals surface area contributed by atoms with E-state index in [1.165, 1.54) is 12.4 Å². The Balaban J connectivity index is 1.64. The predicted molar refractivity (Wildman–Crippen MR) is 87.9 cm³/mol. The van der Waals surface area contributed by atoms with Crippen molar-refractivity contribution in [3.8, 4) is 0 Å². The molecule has 2 heterocycles. The van der Waals surface area contributed by atoms with E-state index in [0.29, 0.717) is 18.4 Å². The van der Waals surface area contributed by atoms with Gasteiger partial charge in [-0.1, -0.05) is 6.07 Å². The van der Waals surface area contributed by atoms with Gasteiger partial charge in [-0.2, -0.15) is 0 Å². The van der Waals surface area contributed by atoms with Gasteiger partial charge in [-0.15, -0.1) is 0 Å². The highest BCUT2D eigenvalue weighted by Crippen LogP contribution is 2.20. The van der Waals surface area contributed by atoms with E-state index in [1.54, 1.807) is 18.5 Å². The Kier molecular flexibility index (Phi) is 5.07. The smallest absolute Gasteiger partial charge is 0.275 e. The summed E-state index contributed by atoms with van der Waals surface area (Å²) in [7, 11) is 0. The molecule has 0 unspecified atom stereocenters. The summed E-state index contributed by atoms with van der Waals surface area (Å²) in [6.45, 7) is 0.466. The fraction of sp³-hybridized carbons (Fsp3) is 0.0588. The van der Waals surface area contributed by atoms with E-state index in [1.807, 2.05) is 6.07 Å². The SMILES string of the molecule is O=C(Nc1ccc(F)c(F)c1F)c1cnc(NCc2cccnc2)cn1. The molecule has 2 N–H and O–H groups in total. The summed E-state index contributed by atoms with van der Waals surface area (Å²) in [6.07, 6.45) is 5.86. The van der Waals surface area contributed by atoms with Gasteiger partial charge in [-0.3, -0.25) is 9.78 Å². The second-order valence-corrected chi connectivity index (χ2v) is 5.18. The summed E-state index contributed by atoms with van der Waals surface area (Å²) in [5, 5.41) is 5.12. The van der Waals surface area contributed by atoms with Crippen LogP contribution in [0.2, 0.25) is 0 Å². The molecule has 0 aliphatic carbocycles. The molecule has 0 aliphatic rings. The highest BCUT2D eigenvalue weighted by molar-refractivity contribution is 6.02. The van der Waals surface area contributed by atoms with Crippen molar-refractivity contribution in [3.05, 3.63) is 77.8 Å². The molecule has 1 aromatic carbocycles. The maximum Gasteiger partial charge on any atom is 0.275 e. The molecular formula is C17H12F3N5O. The standard InChI is InChI=1S/C17H12F3N5O/c18-11-3-4-12(16(20)15(11)19)25-17(26)13-8-24-14(9-22-13)23-7-10-2-1-5-21-6-10/h1-6,8-9H,7H2,(H,23,24)(H,25,26). The van der Waals surface area contributed by atoms with E-state index >= 15 is 0 Å². The number of carbonyl (C=O) groups is 1. The van der Waals surface area contributed by atoms with Gasteiger partial charge in [0.2, 0.25) is 0 Å². The zero-order valence-corrected chi connectivity index (χ0v) is 13.2. The number of nitrogens with zero attached hydrogens (tertiary/aromatic N) is 3. The van der Waals surface area contributed by atoms with Crippen LogP contribution in [0.15, 0.2) is 49.1 Å². The van der Waals surface area contributed by atoms with Crippen LogP contribution in [-0.4, -0.2) is 20.9 Å². The molecule has 0 bridgehead atoms. The van der Waals surface area contributed by atoms with Crippen molar-refractivity contribution in [2.45, 2.75) is 6.54 Å². The van der Waals surface area contributed by atoms with Crippen LogP contribution in [0, 0.1) is 17.5 Å². The predicted octanol–water partition coefficient (Wildman–Crippen LogP) is 3.15. The minimum Gasteiger partial charge on any atom is -0.365 e. The van der Waals surface area contributed by atoms with Crippen molar-refractivity contribution in [3.63, 3.8) is 0 Å². The molecule has 6 nitrogen and oxygen atoms in total. The molecular weight excluding hydrogens is 347 g/mol. The Morgan fingerprint density at radius 2 is 1.85 bits per heavy atom. The van der Waals surface area contributed by atoms with E-state index in [4.69, 9.17) is 0 Å². The number of carbonyl (C=O) groups excluding carboxylic acids is 1. The average molecular weight is 359 g/mol. The molecule has 0 spiro atoms. The summed E-state index contributed by atoms with van der Waals surface area (Å²) in [4.78, 5) is 24.0. The topological polar surface area (TPSA) is 79.8 Å². The third-order valence-corrected chi connectivity index (χ3v) is 3.36. The number of amides is 1. The second-order valence-electron chi connectivity index (χ2n) is 5.18. The molecule has 0 radical (unpaired) electrons. The molecule has 3 aromatic rings. The molecule has 0 saturated heterocycles. The molecule has 0 fully saturated rings. The quantitative estimate of drug-likeness (QED) is 0.684. The molecule has 1 amide bonds. The minimum absolute atomic E-state index is 0.110. The lowest BCUT2D eigenvalue weighted by molar-refractivity contribution is 0.102.